The van der Waals surface area contributed by atoms with E-state index in [1.807, 2.05) is 0 Å². The summed E-state index contributed by atoms with van der Waals surface area (Å²) in [7, 11) is 1.43. The Balaban J connectivity index is 2.33. The number of carbonyl (C=O) groups is 1. The van der Waals surface area contributed by atoms with Crippen LogP contribution in [-0.2, 0) is 9.53 Å². The molecule has 1 aliphatic rings. The molecule has 3 heteroatoms. The van der Waals surface area contributed by atoms with Crippen LogP contribution in [0.3, 0.4) is 0 Å². The Morgan fingerprint density at radius 1 is 1.50 bits per heavy atom. The largest absolute Gasteiger partial charge is 0.469 e. The van der Waals surface area contributed by atoms with E-state index in [0.29, 0.717) is 12.3 Å². The van der Waals surface area contributed by atoms with Crippen molar-refractivity contribution in [1.82, 2.24) is 0 Å². The quantitative estimate of drug-likeness (QED) is 0.632. The first kappa shape index (κ1) is 9.52. The van der Waals surface area contributed by atoms with Gasteiger partial charge in [-0.2, -0.15) is 0 Å². The monoisotopic (exact) mass is 171 g/mol. The molecule has 0 amide bonds. The van der Waals surface area contributed by atoms with E-state index < -0.39 is 0 Å². The average molecular weight is 171 g/mol. The number of esters is 1. The minimum absolute atomic E-state index is 0.127. The Kier molecular flexibility index (Phi) is 3.53. The van der Waals surface area contributed by atoms with Crippen molar-refractivity contribution < 1.29 is 9.53 Å². The summed E-state index contributed by atoms with van der Waals surface area (Å²) in [5.74, 6) is 0.226. The second-order valence-corrected chi connectivity index (χ2v) is 3.49. The summed E-state index contributed by atoms with van der Waals surface area (Å²) in [6, 6.07) is 0.206. The fourth-order valence-corrected chi connectivity index (χ4v) is 1.79. The number of hydrogen-bond donors (Lipinski definition) is 1. The molecular weight excluding hydrogens is 154 g/mol. The fourth-order valence-electron chi connectivity index (χ4n) is 1.79. The van der Waals surface area contributed by atoms with Crippen molar-refractivity contribution >= 4 is 5.97 Å². The van der Waals surface area contributed by atoms with E-state index in [-0.39, 0.29) is 12.0 Å². The van der Waals surface area contributed by atoms with Crippen LogP contribution in [0, 0.1) is 5.92 Å². The third-order valence-corrected chi connectivity index (χ3v) is 2.62. The molecular formula is C9H17NO2. The molecule has 70 valence electrons. The summed E-state index contributed by atoms with van der Waals surface area (Å²) < 4.78 is 4.61. The van der Waals surface area contributed by atoms with Gasteiger partial charge in [0, 0.05) is 12.5 Å². The van der Waals surface area contributed by atoms with Crippen LogP contribution in [0.25, 0.3) is 0 Å². The van der Waals surface area contributed by atoms with Gasteiger partial charge in [0.15, 0.2) is 0 Å². The molecule has 1 fully saturated rings. The van der Waals surface area contributed by atoms with Gasteiger partial charge < -0.3 is 10.5 Å². The van der Waals surface area contributed by atoms with Crippen LogP contribution in [0.5, 0.6) is 0 Å². The van der Waals surface area contributed by atoms with E-state index in [1.54, 1.807) is 0 Å². The number of carbonyl (C=O) groups excluding carboxylic acids is 1. The lowest BCUT2D eigenvalue weighted by Gasteiger charge is -2.27. The average Bonchev–Trinajstić information content (AvgIpc) is 2.09. The lowest BCUT2D eigenvalue weighted by atomic mass is 9.83. The fraction of sp³-hybridized carbons (Fsp3) is 0.889. The smallest absolute Gasteiger partial charge is 0.305 e. The molecule has 12 heavy (non-hydrogen) atoms. The minimum atomic E-state index is -0.127. The molecule has 1 saturated carbocycles. The van der Waals surface area contributed by atoms with E-state index in [9.17, 15) is 4.79 Å². The highest BCUT2D eigenvalue weighted by Gasteiger charge is 2.24. The maximum absolute atomic E-state index is 10.9. The Bertz CT molecular complexity index is 159. The second-order valence-electron chi connectivity index (χ2n) is 3.49. The van der Waals surface area contributed by atoms with Crippen LogP contribution in [0.1, 0.15) is 32.1 Å². The maximum Gasteiger partial charge on any atom is 0.305 e. The van der Waals surface area contributed by atoms with Crippen molar-refractivity contribution in [2.45, 2.75) is 38.1 Å². The third kappa shape index (κ3) is 2.48. The Morgan fingerprint density at radius 2 is 2.17 bits per heavy atom. The number of methoxy groups -OCH3 is 1. The molecule has 2 N–H and O–H groups in total. The first-order valence-electron chi connectivity index (χ1n) is 4.56. The van der Waals surface area contributed by atoms with Crippen molar-refractivity contribution in [1.29, 1.82) is 0 Å². The van der Waals surface area contributed by atoms with Crippen LogP contribution in [-0.4, -0.2) is 19.1 Å². The summed E-state index contributed by atoms with van der Waals surface area (Å²) in [6.07, 6.45) is 5.05. The van der Waals surface area contributed by atoms with E-state index in [2.05, 4.69) is 4.74 Å². The van der Waals surface area contributed by atoms with Crippen molar-refractivity contribution in [3.63, 3.8) is 0 Å². The van der Waals surface area contributed by atoms with Crippen LogP contribution in [0.2, 0.25) is 0 Å². The van der Waals surface area contributed by atoms with Crippen molar-refractivity contribution in [3.8, 4) is 0 Å². The first-order valence-corrected chi connectivity index (χ1v) is 4.56. The summed E-state index contributed by atoms with van der Waals surface area (Å²) in [5.41, 5.74) is 5.87. The van der Waals surface area contributed by atoms with Crippen LogP contribution < -0.4 is 5.73 Å². The topological polar surface area (TPSA) is 52.3 Å². The Labute approximate surface area is 73.3 Å². The summed E-state index contributed by atoms with van der Waals surface area (Å²) in [6.45, 7) is 0. The van der Waals surface area contributed by atoms with E-state index >= 15 is 0 Å². The lowest BCUT2D eigenvalue weighted by molar-refractivity contribution is -0.142. The Morgan fingerprint density at radius 3 is 2.75 bits per heavy atom. The first-order chi connectivity index (χ1) is 5.74. The molecule has 1 aliphatic carbocycles. The van der Waals surface area contributed by atoms with Gasteiger partial charge in [-0.05, 0) is 18.8 Å². The van der Waals surface area contributed by atoms with Gasteiger partial charge in [-0.3, -0.25) is 4.79 Å². The molecule has 0 bridgehead atoms. The van der Waals surface area contributed by atoms with Gasteiger partial charge in [-0.25, -0.2) is 0 Å². The molecule has 0 heterocycles. The molecule has 0 aromatic heterocycles. The number of ether oxygens (including phenoxy) is 1. The minimum Gasteiger partial charge on any atom is -0.469 e. The zero-order valence-corrected chi connectivity index (χ0v) is 7.58. The molecule has 0 aliphatic heterocycles. The van der Waals surface area contributed by atoms with Gasteiger partial charge in [-0.1, -0.05) is 12.8 Å². The molecule has 2 atom stereocenters. The van der Waals surface area contributed by atoms with Crippen LogP contribution in [0.4, 0.5) is 0 Å². The van der Waals surface area contributed by atoms with Gasteiger partial charge in [0.25, 0.3) is 0 Å². The van der Waals surface area contributed by atoms with Gasteiger partial charge in [0.1, 0.15) is 0 Å². The van der Waals surface area contributed by atoms with Gasteiger partial charge in [-0.15, -0.1) is 0 Å². The van der Waals surface area contributed by atoms with Crippen LogP contribution in [0.15, 0.2) is 0 Å². The van der Waals surface area contributed by atoms with E-state index in [1.165, 1.54) is 20.0 Å². The lowest BCUT2D eigenvalue weighted by Crippen LogP contribution is -2.34. The number of nitrogens with two attached hydrogens (primary N) is 1. The second kappa shape index (κ2) is 4.45. The number of rotatable bonds is 2. The molecule has 1 rings (SSSR count). The predicted molar refractivity (Wildman–Crippen MR) is 46.6 cm³/mol. The maximum atomic E-state index is 10.9. The SMILES string of the molecule is COC(=O)C[C@H]1CCCC[C@@H]1N. The predicted octanol–water partition coefficient (Wildman–Crippen LogP) is 1.07. The molecule has 3 nitrogen and oxygen atoms in total. The normalized spacial score (nSPS) is 29.8. The van der Waals surface area contributed by atoms with E-state index in [4.69, 9.17) is 5.73 Å². The zero-order valence-electron chi connectivity index (χ0n) is 7.58. The van der Waals surface area contributed by atoms with Crippen molar-refractivity contribution in [2.24, 2.45) is 11.7 Å². The van der Waals surface area contributed by atoms with Gasteiger partial charge in [0.05, 0.1) is 7.11 Å². The highest BCUT2D eigenvalue weighted by atomic mass is 16.5. The molecule has 0 saturated heterocycles. The summed E-state index contributed by atoms with van der Waals surface area (Å²) in [5, 5.41) is 0. The summed E-state index contributed by atoms with van der Waals surface area (Å²) >= 11 is 0. The zero-order chi connectivity index (χ0) is 8.97. The van der Waals surface area contributed by atoms with Crippen molar-refractivity contribution in [2.75, 3.05) is 7.11 Å². The van der Waals surface area contributed by atoms with Crippen LogP contribution >= 0.6 is 0 Å². The van der Waals surface area contributed by atoms with E-state index in [0.717, 1.165) is 12.8 Å². The highest BCUT2D eigenvalue weighted by molar-refractivity contribution is 5.69. The molecule has 0 spiro atoms. The standard InChI is InChI=1S/C9H17NO2/c1-12-9(11)6-7-4-2-3-5-8(7)10/h7-8H,2-6,10H2,1H3/t7-,8+/m1/s1. The highest BCUT2D eigenvalue weighted by Crippen LogP contribution is 2.25. The number of hydrogen-bond acceptors (Lipinski definition) is 3. The molecule has 0 radical (unpaired) electrons. The molecule has 0 aromatic rings. The van der Waals surface area contributed by atoms with Gasteiger partial charge >= 0.3 is 5.97 Å². The third-order valence-electron chi connectivity index (χ3n) is 2.62. The summed E-state index contributed by atoms with van der Waals surface area (Å²) in [4.78, 5) is 10.9. The van der Waals surface area contributed by atoms with Crippen molar-refractivity contribution in [3.05, 3.63) is 0 Å². The Hall–Kier alpha value is -0.570. The van der Waals surface area contributed by atoms with Gasteiger partial charge in [0.2, 0.25) is 0 Å². The molecule has 0 unspecified atom stereocenters. The molecule has 0 aromatic carbocycles.